The Bertz CT molecular complexity index is 999. The van der Waals surface area contributed by atoms with Gasteiger partial charge >= 0.3 is 0 Å². The molecule has 11 heteroatoms. The molecule has 0 unspecified atom stereocenters. The van der Waals surface area contributed by atoms with Gasteiger partial charge in [0.15, 0.2) is 0 Å². The summed E-state index contributed by atoms with van der Waals surface area (Å²) in [5.74, 6) is -2.15. The van der Waals surface area contributed by atoms with E-state index in [1.807, 2.05) is 0 Å². The fourth-order valence-electron chi connectivity index (χ4n) is 2.32. The molecule has 2 amide bonds. The molecule has 2 aromatic carbocycles. The third kappa shape index (κ3) is 6.14. The summed E-state index contributed by atoms with van der Waals surface area (Å²) in [4.78, 5) is 23.7. The average Bonchev–Trinajstić information content (AvgIpc) is 2.68. The van der Waals surface area contributed by atoms with Gasteiger partial charge in [-0.1, -0.05) is 11.6 Å². The standard InChI is InChI=1S/C18H19ClFN3O5S/c1-23(29(27,28)14-7-5-13(20)6-8-14)10-2-3-17(25)21-22-18(26)15-11-12(19)4-9-16(15)24/h4-9,11,24H,2-3,10H2,1H3,(H,21,25)(H,22,26). The topological polar surface area (TPSA) is 116 Å². The van der Waals surface area contributed by atoms with Crippen LogP contribution in [0.3, 0.4) is 0 Å². The van der Waals surface area contributed by atoms with Gasteiger partial charge in [0.05, 0.1) is 10.5 Å². The van der Waals surface area contributed by atoms with Crippen LogP contribution < -0.4 is 10.9 Å². The van der Waals surface area contributed by atoms with Crippen molar-refractivity contribution in [2.24, 2.45) is 0 Å². The number of phenols is 1. The molecule has 0 saturated carbocycles. The second-order valence-electron chi connectivity index (χ2n) is 6.05. The van der Waals surface area contributed by atoms with Crippen LogP contribution in [-0.4, -0.2) is 43.2 Å². The molecule has 0 saturated heterocycles. The molecule has 0 heterocycles. The highest BCUT2D eigenvalue weighted by Gasteiger charge is 2.20. The van der Waals surface area contributed by atoms with Crippen LogP contribution in [-0.2, 0) is 14.8 Å². The molecule has 2 aromatic rings. The maximum absolute atomic E-state index is 12.9. The van der Waals surface area contributed by atoms with E-state index in [9.17, 15) is 27.5 Å². The van der Waals surface area contributed by atoms with Gasteiger partial charge in [-0.15, -0.1) is 0 Å². The van der Waals surface area contributed by atoms with Crippen LogP contribution in [0.2, 0.25) is 5.02 Å². The Morgan fingerprint density at radius 2 is 1.79 bits per heavy atom. The first-order valence-electron chi connectivity index (χ1n) is 8.41. The first kappa shape index (κ1) is 22.6. The number of benzene rings is 2. The van der Waals surface area contributed by atoms with Crippen LogP contribution in [0.4, 0.5) is 4.39 Å². The van der Waals surface area contributed by atoms with Crippen LogP contribution >= 0.6 is 11.6 Å². The Morgan fingerprint density at radius 3 is 2.45 bits per heavy atom. The lowest BCUT2D eigenvalue weighted by molar-refractivity contribution is -0.122. The van der Waals surface area contributed by atoms with Gasteiger partial charge in [-0.2, -0.15) is 0 Å². The Morgan fingerprint density at radius 1 is 1.14 bits per heavy atom. The lowest BCUT2D eigenvalue weighted by atomic mass is 10.2. The summed E-state index contributed by atoms with van der Waals surface area (Å²) in [6.07, 6.45) is 0.117. The summed E-state index contributed by atoms with van der Waals surface area (Å²) in [6, 6.07) is 8.32. The largest absolute Gasteiger partial charge is 0.507 e. The summed E-state index contributed by atoms with van der Waals surface area (Å²) in [5, 5.41) is 9.88. The van der Waals surface area contributed by atoms with E-state index in [1.54, 1.807) is 0 Å². The van der Waals surface area contributed by atoms with Crippen molar-refractivity contribution in [2.75, 3.05) is 13.6 Å². The molecule has 0 spiro atoms. The molecule has 2 rings (SSSR count). The molecule has 0 atom stereocenters. The molecule has 29 heavy (non-hydrogen) atoms. The highest BCUT2D eigenvalue weighted by atomic mass is 35.5. The number of nitrogens with zero attached hydrogens (tertiary/aromatic N) is 1. The summed E-state index contributed by atoms with van der Waals surface area (Å²) >= 11 is 5.76. The lowest BCUT2D eigenvalue weighted by Gasteiger charge is -2.17. The Labute approximate surface area is 172 Å². The monoisotopic (exact) mass is 443 g/mol. The number of carbonyl (C=O) groups excluding carboxylic acids is 2. The Balaban J connectivity index is 1.81. The maximum atomic E-state index is 12.9. The van der Waals surface area contributed by atoms with Crippen LogP contribution in [0.25, 0.3) is 0 Å². The number of amides is 2. The highest BCUT2D eigenvalue weighted by molar-refractivity contribution is 7.89. The number of nitrogens with one attached hydrogen (secondary N) is 2. The minimum absolute atomic E-state index is 0.0379. The molecule has 8 nitrogen and oxygen atoms in total. The molecule has 0 aliphatic heterocycles. The van der Waals surface area contributed by atoms with E-state index in [2.05, 4.69) is 10.9 Å². The van der Waals surface area contributed by atoms with Gasteiger partial charge in [0, 0.05) is 25.0 Å². The van der Waals surface area contributed by atoms with Crippen molar-refractivity contribution in [1.82, 2.24) is 15.2 Å². The molecule has 156 valence electrons. The van der Waals surface area contributed by atoms with Crippen molar-refractivity contribution in [3.8, 4) is 5.75 Å². The molecule has 0 aliphatic rings. The van der Waals surface area contributed by atoms with Crippen molar-refractivity contribution < 1.29 is 27.5 Å². The number of rotatable bonds is 7. The second kappa shape index (κ2) is 9.68. The van der Waals surface area contributed by atoms with Gasteiger partial charge in [0.1, 0.15) is 11.6 Å². The molecular weight excluding hydrogens is 425 g/mol. The highest BCUT2D eigenvalue weighted by Crippen LogP contribution is 2.21. The van der Waals surface area contributed by atoms with Gasteiger partial charge in [-0.05, 0) is 48.9 Å². The maximum Gasteiger partial charge on any atom is 0.273 e. The smallest absolute Gasteiger partial charge is 0.273 e. The fraction of sp³-hybridized carbons (Fsp3) is 0.222. The zero-order valence-corrected chi connectivity index (χ0v) is 16.9. The fourth-order valence-corrected chi connectivity index (χ4v) is 3.70. The molecule has 3 N–H and O–H groups in total. The van der Waals surface area contributed by atoms with E-state index in [1.165, 1.54) is 25.2 Å². The lowest BCUT2D eigenvalue weighted by Crippen LogP contribution is -2.41. The number of halogens is 2. The van der Waals surface area contributed by atoms with Crippen LogP contribution in [0, 0.1) is 5.82 Å². The van der Waals surface area contributed by atoms with Crippen LogP contribution in [0.1, 0.15) is 23.2 Å². The number of carbonyl (C=O) groups is 2. The van der Waals surface area contributed by atoms with E-state index in [0.717, 1.165) is 28.6 Å². The number of hydrogen-bond donors (Lipinski definition) is 3. The van der Waals surface area contributed by atoms with E-state index in [0.29, 0.717) is 0 Å². The molecular formula is C18H19ClFN3O5S. The van der Waals surface area contributed by atoms with Gasteiger partial charge in [0.2, 0.25) is 15.9 Å². The minimum atomic E-state index is -3.80. The van der Waals surface area contributed by atoms with Crippen molar-refractivity contribution in [1.29, 1.82) is 0 Å². The zero-order valence-electron chi connectivity index (χ0n) is 15.4. The van der Waals surface area contributed by atoms with E-state index < -0.39 is 27.7 Å². The summed E-state index contributed by atoms with van der Waals surface area (Å²) in [7, 11) is -2.45. The SMILES string of the molecule is CN(CCCC(=O)NNC(=O)c1cc(Cl)ccc1O)S(=O)(=O)c1ccc(F)cc1. The van der Waals surface area contributed by atoms with Crippen molar-refractivity contribution in [3.05, 3.63) is 58.9 Å². The van der Waals surface area contributed by atoms with Crippen molar-refractivity contribution in [3.63, 3.8) is 0 Å². The summed E-state index contributed by atoms with van der Waals surface area (Å²) < 4.78 is 38.7. The van der Waals surface area contributed by atoms with Gasteiger partial charge in [-0.25, -0.2) is 17.1 Å². The van der Waals surface area contributed by atoms with Gasteiger partial charge < -0.3 is 5.11 Å². The van der Waals surface area contributed by atoms with Crippen molar-refractivity contribution >= 4 is 33.4 Å². The molecule has 0 fully saturated rings. The Hall–Kier alpha value is -2.69. The quantitative estimate of drug-likeness (QED) is 0.566. The van der Waals surface area contributed by atoms with Gasteiger partial charge in [0.25, 0.3) is 5.91 Å². The van der Waals surface area contributed by atoms with E-state index >= 15 is 0 Å². The number of sulfonamides is 1. The van der Waals surface area contributed by atoms with Crippen molar-refractivity contribution in [2.45, 2.75) is 17.7 Å². The zero-order chi connectivity index (χ0) is 21.6. The Kier molecular flexibility index (Phi) is 7.54. The molecule has 0 radical (unpaired) electrons. The third-order valence-electron chi connectivity index (χ3n) is 3.92. The summed E-state index contributed by atoms with van der Waals surface area (Å²) in [6.45, 7) is 0.0379. The molecule has 0 bridgehead atoms. The first-order valence-corrected chi connectivity index (χ1v) is 10.2. The van der Waals surface area contributed by atoms with Gasteiger partial charge in [-0.3, -0.25) is 20.4 Å². The normalized spacial score (nSPS) is 11.3. The average molecular weight is 444 g/mol. The number of hydrogen-bond acceptors (Lipinski definition) is 5. The third-order valence-corrected chi connectivity index (χ3v) is 6.02. The van der Waals surface area contributed by atoms with E-state index in [-0.39, 0.29) is 40.6 Å². The summed E-state index contributed by atoms with van der Waals surface area (Å²) in [5.41, 5.74) is 4.21. The van der Waals surface area contributed by atoms with E-state index in [4.69, 9.17) is 11.6 Å². The molecule has 0 aromatic heterocycles. The number of aromatic hydroxyl groups is 1. The first-order chi connectivity index (χ1) is 13.6. The molecule has 0 aliphatic carbocycles. The predicted octanol–water partition coefficient (Wildman–Crippen LogP) is 2.05. The predicted molar refractivity (Wildman–Crippen MR) is 104 cm³/mol. The minimum Gasteiger partial charge on any atom is -0.507 e. The van der Waals surface area contributed by atoms with Crippen LogP contribution in [0.15, 0.2) is 47.4 Å². The number of phenolic OH excluding ortho intramolecular Hbond substituents is 1. The van der Waals surface area contributed by atoms with Crippen LogP contribution in [0.5, 0.6) is 5.75 Å². The number of hydrazine groups is 1. The second-order valence-corrected chi connectivity index (χ2v) is 8.53.